The standard InChI is InChI=1S/C17H24O/c1-4-14-9-8-10-15(13(2)18)16(14)17(3)11-6-5-7-12-17/h8-10H,4-7,11-12H2,1-3H3. The molecule has 1 fully saturated rings. The van der Waals surface area contributed by atoms with Gasteiger partial charge in [0.05, 0.1) is 0 Å². The minimum absolute atomic E-state index is 0.214. The maximum absolute atomic E-state index is 11.9. The first-order valence-corrected chi connectivity index (χ1v) is 7.22. The van der Waals surface area contributed by atoms with Crippen LogP contribution in [-0.4, -0.2) is 5.78 Å². The van der Waals surface area contributed by atoms with Gasteiger partial charge in [-0.05, 0) is 42.7 Å². The number of Topliss-reactive ketones (excluding diaryl/α,β-unsaturated/α-hetero) is 1. The minimum Gasteiger partial charge on any atom is -0.295 e. The Kier molecular flexibility index (Phi) is 3.89. The Balaban J connectivity index is 2.55. The molecule has 0 radical (unpaired) electrons. The zero-order valence-electron chi connectivity index (χ0n) is 11.9. The van der Waals surface area contributed by atoms with Crippen LogP contribution in [-0.2, 0) is 11.8 Å². The molecule has 0 N–H and O–H groups in total. The highest BCUT2D eigenvalue weighted by Gasteiger charge is 2.33. The molecule has 0 amide bonds. The molecule has 0 atom stereocenters. The van der Waals surface area contributed by atoms with Crippen molar-refractivity contribution in [3.63, 3.8) is 0 Å². The van der Waals surface area contributed by atoms with E-state index in [0.717, 1.165) is 12.0 Å². The molecule has 0 aliphatic heterocycles. The van der Waals surface area contributed by atoms with Crippen molar-refractivity contribution < 1.29 is 4.79 Å². The number of ketones is 1. The number of carbonyl (C=O) groups excluding carboxylic acids is 1. The third-order valence-electron chi connectivity index (χ3n) is 4.47. The molecule has 98 valence electrons. The van der Waals surface area contributed by atoms with Crippen LogP contribution in [0.25, 0.3) is 0 Å². The third kappa shape index (κ3) is 2.36. The van der Waals surface area contributed by atoms with Crippen molar-refractivity contribution in [1.82, 2.24) is 0 Å². The van der Waals surface area contributed by atoms with Gasteiger partial charge in [0.25, 0.3) is 0 Å². The van der Waals surface area contributed by atoms with E-state index in [1.807, 2.05) is 12.1 Å². The van der Waals surface area contributed by atoms with Crippen LogP contribution < -0.4 is 0 Å². The summed E-state index contributed by atoms with van der Waals surface area (Å²) in [5.41, 5.74) is 3.89. The fraction of sp³-hybridized carbons (Fsp3) is 0.588. The molecule has 0 spiro atoms. The summed E-state index contributed by atoms with van der Waals surface area (Å²) in [6.07, 6.45) is 7.41. The number of aryl methyl sites for hydroxylation is 1. The third-order valence-corrected chi connectivity index (χ3v) is 4.47. The van der Waals surface area contributed by atoms with Gasteiger partial charge >= 0.3 is 0 Å². The molecule has 1 aliphatic rings. The molecule has 0 heterocycles. The Morgan fingerprint density at radius 3 is 2.44 bits per heavy atom. The number of carbonyl (C=O) groups is 1. The van der Waals surface area contributed by atoms with E-state index in [1.54, 1.807) is 6.92 Å². The summed E-state index contributed by atoms with van der Waals surface area (Å²) >= 11 is 0. The maximum Gasteiger partial charge on any atom is 0.160 e. The number of benzene rings is 1. The molecule has 0 unspecified atom stereocenters. The average molecular weight is 244 g/mol. The van der Waals surface area contributed by atoms with Crippen molar-refractivity contribution in [1.29, 1.82) is 0 Å². The zero-order chi connectivity index (χ0) is 13.2. The summed E-state index contributed by atoms with van der Waals surface area (Å²) in [5, 5.41) is 0. The van der Waals surface area contributed by atoms with Crippen LogP contribution in [0.3, 0.4) is 0 Å². The van der Waals surface area contributed by atoms with Crippen molar-refractivity contribution in [2.75, 3.05) is 0 Å². The van der Waals surface area contributed by atoms with Crippen LogP contribution in [0, 0.1) is 0 Å². The van der Waals surface area contributed by atoms with Crippen LogP contribution in [0.15, 0.2) is 18.2 Å². The van der Waals surface area contributed by atoms with Crippen molar-refractivity contribution in [3.8, 4) is 0 Å². The van der Waals surface area contributed by atoms with Crippen molar-refractivity contribution in [2.45, 2.75) is 64.7 Å². The van der Waals surface area contributed by atoms with Crippen LogP contribution in [0.5, 0.6) is 0 Å². The molecule has 18 heavy (non-hydrogen) atoms. The van der Waals surface area contributed by atoms with E-state index in [2.05, 4.69) is 19.9 Å². The molecular weight excluding hydrogens is 220 g/mol. The van der Waals surface area contributed by atoms with Crippen LogP contribution in [0.4, 0.5) is 0 Å². The summed E-state index contributed by atoms with van der Waals surface area (Å²) in [5.74, 6) is 0.215. The van der Waals surface area contributed by atoms with E-state index in [4.69, 9.17) is 0 Å². The quantitative estimate of drug-likeness (QED) is 0.706. The second-order valence-electron chi connectivity index (χ2n) is 5.87. The van der Waals surface area contributed by atoms with E-state index >= 15 is 0 Å². The lowest BCUT2D eigenvalue weighted by Gasteiger charge is -2.37. The summed E-state index contributed by atoms with van der Waals surface area (Å²) in [6, 6.07) is 6.24. The fourth-order valence-corrected chi connectivity index (χ4v) is 3.48. The number of hydrogen-bond donors (Lipinski definition) is 0. The first-order valence-electron chi connectivity index (χ1n) is 7.22. The van der Waals surface area contributed by atoms with Gasteiger partial charge in [0.15, 0.2) is 5.78 Å². The molecule has 1 aromatic carbocycles. The Labute approximate surface area is 111 Å². The Morgan fingerprint density at radius 2 is 1.89 bits per heavy atom. The first kappa shape index (κ1) is 13.3. The normalized spacial score (nSPS) is 18.6. The van der Waals surface area contributed by atoms with E-state index in [0.29, 0.717) is 0 Å². The lowest BCUT2D eigenvalue weighted by Crippen LogP contribution is -2.28. The highest BCUT2D eigenvalue weighted by Crippen LogP contribution is 2.42. The zero-order valence-corrected chi connectivity index (χ0v) is 11.9. The summed E-state index contributed by atoms with van der Waals surface area (Å²) < 4.78 is 0. The highest BCUT2D eigenvalue weighted by molar-refractivity contribution is 5.96. The smallest absolute Gasteiger partial charge is 0.160 e. The van der Waals surface area contributed by atoms with Crippen LogP contribution in [0.1, 0.15) is 74.4 Å². The SMILES string of the molecule is CCc1cccc(C(C)=O)c1C1(C)CCCCC1. The Bertz CT molecular complexity index is 439. The molecular formula is C17H24O. The lowest BCUT2D eigenvalue weighted by molar-refractivity contribution is 0.101. The molecule has 1 nitrogen and oxygen atoms in total. The number of rotatable bonds is 3. The molecule has 0 aromatic heterocycles. The fourth-order valence-electron chi connectivity index (χ4n) is 3.48. The highest BCUT2D eigenvalue weighted by atomic mass is 16.1. The maximum atomic E-state index is 11.9. The van der Waals surface area contributed by atoms with Gasteiger partial charge in [0.1, 0.15) is 0 Å². The van der Waals surface area contributed by atoms with Crippen molar-refractivity contribution in [2.24, 2.45) is 0 Å². The average Bonchev–Trinajstić information content (AvgIpc) is 2.38. The predicted octanol–water partition coefficient (Wildman–Crippen LogP) is 4.67. The summed E-state index contributed by atoms with van der Waals surface area (Å²) in [7, 11) is 0. The second-order valence-corrected chi connectivity index (χ2v) is 5.87. The lowest BCUT2D eigenvalue weighted by atomic mass is 9.67. The topological polar surface area (TPSA) is 17.1 Å². The molecule has 1 aromatic rings. The van der Waals surface area contributed by atoms with Gasteiger partial charge in [0.2, 0.25) is 0 Å². The van der Waals surface area contributed by atoms with E-state index in [-0.39, 0.29) is 11.2 Å². The molecule has 1 heteroatoms. The Hall–Kier alpha value is -1.11. The van der Waals surface area contributed by atoms with E-state index < -0.39 is 0 Å². The van der Waals surface area contributed by atoms with Crippen molar-refractivity contribution in [3.05, 3.63) is 34.9 Å². The van der Waals surface area contributed by atoms with Gasteiger partial charge in [0, 0.05) is 5.56 Å². The van der Waals surface area contributed by atoms with Gasteiger partial charge in [-0.2, -0.15) is 0 Å². The van der Waals surface area contributed by atoms with Crippen molar-refractivity contribution >= 4 is 5.78 Å². The van der Waals surface area contributed by atoms with E-state index in [9.17, 15) is 4.79 Å². The van der Waals surface area contributed by atoms with Gasteiger partial charge in [-0.1, -0.05) is 51.3 Å². The Morgan fingerprint density at radius 1 is 1.22 bits per heavy atom. The van der Waals surface area contributed by atoms with Gasteiger partial charge in [-0.15, -0.1) is 0 Å². The van der Waals surface area contributed by atoms with E-state index in [1.165, 1.54) is 43.2 Å². The molecule has 1 aliphatic carbocycles. The van der Waals surface area contributed by atoms with Gasteiger partial charge in [-0.3, -0.25) is 4.79 Å². The second kappa shape index (κ2) is 5.26. The number of hydrogen-bond acceptors (Lipinski definition) is 1. The largest absolute Gasteiger partial charge is 0.295 e. The minimum atomic E-state index is 0.214. The summed E-state index contributed by atoms with van der Waals surface area (Å²) in [6.45, 7) is 6.24. The van der Waals surface area contributed by atoms with Crippen LogP contribution in [0.2, 0.25) is 0 Å². The predicted molar refractivity (Wildman–Crippen MR) is 76.3 cm³/mol. The monoisotopic (exact) mass is 244 g/mol. The van der Waals surface area contributed by atoms with Crippen LogP contribution >= 0.6 is 0 Å². The molecule has 0 saturated heterocycles. The van der Waals surface area contributed by atoms with Gasteiger partial charge < -0.3 is 0 Å². The first-order chi connectivity index (χ1) is 8.58. The molecule has 2 rings (SSSR count). The molecule has 1 saturated carbocycles. The summed E-state index contributed by atoms with van der Waals surface area (Å²) in [4.78, 5) is 11.9. The van der Waals surface area contributed by atoms with Gasteiger partial charge in [-0.25, -0.2) is 0 Å². The molecule has 0 bridgehead atoms.